The van der Waals surface area contributed by atoms with Crippen molar-refractivity contribution in [2.75, 3.05) is 39.4 Å². The summed E-state index contributed by atoms with van der Waals surface area (Å²) < 4.78 is 11.5. The number of phenolic OH excluding ortho intramolecular Hbond substituents is 1. The molecule has 0 bridgehead atoms. The van der Waals surface area contributed by atoms with Crippen LogP contribution in [-0.4, -0.2) is 210 Å². The number of nitrogens with two attached hydrogens (primary N) is 2. The molecule has 1 aromatic heterocycles. The second-order valence-corrected chi connectivity index (χ2v) is 23.2. The zero-order chi connectivity index (χ0) is 63.2. The number of rotatable bonds is 20. The summed E-state index contributed by atoms with van der Waals surface area (Å²) in [5.41, 5.74) is 12.9. The number of phenols is 1. The van der Waals surface area contributed by atoms with Gasteiger partial charge in [-0.2, -0.15) is 0 Å². The molecule has 1 unspecified atom stereocenters. The molecule has 27 nitrogen and oxygen atoms in total. The molecule has 3 aliphatic rings. The van der Waals surface area contributed by atoms with E-state index in [2.05, 4.69) is 38.5 Å². The molecule has 472 valence electrons. The third kappa shape index (κ3) is 17.2. The third-order valence-corrected chi connectivity index (χ3v) is 16.4. The summed E-state index contributed by atoms with van der Waals surface area (Å²) in [5.74, 6) is -9.53. The molecule has 3 fully saturated rings. The van der Waals surface area contributed by atoms with Gasteiger partial charge in [0.1, 0.15) is 47.0 Å². The van der Waals surface area contributed by atoms with Gasteiger partial charge in [-0.1, -0.05) is 44.9 Å². The van der Waals surface area contributed by atoms with Crippen LogP contribution in [0.2, 0.25) is 0 Å². The highest BCUT2D eigenvalue weighted by molar-refractivity contribution is 7.18. The number of thiazole rings is 1. The molecule has 13 atom stereocenters. The first-order valence-corrected chi connectivity index (χ1v) is 29.7. The number of nitrogens with one attached hydrogen (secondary N) is 5. The maximum Gasteiger partial charge on any atom is 0.251 e. The summed E-state index contributed by atoms with van der Waals surface area (Å²) in [6, 6.07) is 6.39. The van der Waals surface area contributed by atoms with E-state index in [0.29, 0.717) is 23.6 Å². The first-order chi connectivity index (χ1) is 41.5. The fourth-order valence-electron chi connectivity index (χ4n) is 10.5. The quantitative estimate of drug-likeness (QED) is 0.0439. The normalized spacial score (nSPS) is 25.4. The van der Waals surface area contributed by atoms with Crippen LogP contribution in [0.15, 0.2) is 72.9 Å². The van der Waals surface area contributed by atoms with E-state index in [1.165, 1.54) is 48.6 Å². The van der Waals surface area contributed by atoms with E-state index in [-0.39, 0.29) is 42.3 Å². The molecule has 8 amide bonds. The van der Waals surface area contributed by atoms with Gasteiger partial charge in [0.2, 0.25) is 41.4 Å². The van der Waals surface area contributed by atoms with Crippen LogP contribution in [-0.2, 0) is 40.0 Å². The average molecular weight is 1230 g/mol. The summed E-state index contributed by atoms with van der Waals surface area (Å²) in [5, 5.41) is 91.6. The number of benzene rings is 3. The predicted octanol–water partition coefficient (Wildman–Crippen LogP) is -1.70. The fourth-order valence-corrected chi connectivity index (χ4v) is 11.4. The van der Waals surface area contributed by atoms with E-state index in [1.807, 2.05) is 24.3 Å². The van der Waals surface area contributed by atoms with Crippen molar-refractivity contribution in [2.24, 2.45) is 17.4 Å². The topological polar surface area (TPSA) is 428 Å². The molecular formula is C59H78N10O17S. The molecule has 4 aromatic rings. The van der Waals surface area contributed by atoms with Gasteiger partial charge in [-0.15, -0.1) is 11.3 Å². The van der Waals surface area contributed by atoms with Gasteiger partial charge in [-0.05, 0) is 86.0 Å². The highest BCUT2D eigenvalue weighted by Crippen LogP contribution is 2.34. The Kier molecular flexibility index (Phi) is 23.5. The SMILES string of the molecule is CCCCCOc1ccc(-c2cnc(-c3ccc(C(=O)NC4C[C@@H](O)CNC(=O)[C@@H]5[C@@H](O)[C@@H](C)CN5C(=O)[C@H]([C@H](O)CC(N)=O)NC(=O)[C@H]([C@H](O)Cc5ccc(O)c(OCCCN)c5)NC(=O)[C@@H]5C[C@@H](O)CN5C(=O)[C@H]([C@@H](C)O)NC4=O)cc3)s2)cc1. The molecule has 4 heterocycles. The van der Waals surface area contributed by atoms with E-state index in [9.17, 15) is 74.1 Å². The number of fused-ring (bicyclic) bond motifs is 2. The van der Waals surface area contributed by atoms with Crippen molar-refractivity contribution < 1.29 is 83.6 Å². The van der Waals surface area contributed by atoms with E-state index in [0.717, 1.165) is 52.2 Å². The van der Waals surface area contributed by atoms with Crippen LogP contribution in [0.25, 0.3) is 21.0 Å². The fraction of sp³-hybridized carbons (Fsp3) is 0.508. The van der Waals surface area contributed by atoms with E-state index in [1.54, 1.807) is 18.3 Å². The summed E-state index contributed by atoms with van der Waals surface area (Å²) >= 11 is 1.41. The Hall–Kier alpha value is -7.83. The number of nitrogens with zero attached hydrogens (tertiary/aromatic N) is 3. The molecule has 0 aliphatic carbocycles. The average Bonchev–Trinajstić information content (AvgIpc) is 2.70. The zero-order valence-corrected chi connectivity index (χ0v) is 49.3. The monoisotopic (exact) mass is 1230 g/mol. The number of primary amides is 1. The number of aliphatic hydroxyl groups is 6. The van der Waals surface area contributed by atoms with Gasteiger partial charge in [0.25, 0.3) is 5.91 Å². The maximum absolute atomic E-state index is 14.7. The van der Waals surface area contributed by atoms with Crippen molar-refractivity contribution in [3.05, 3.63) is 84.1 Å². The smallest absolute Gasteiger partial charge is 0.251 e. The number of unbranched alkanes of at least 4 members (excludes halogenated alkanes) is 2. The van der Waals surface area contributed by atoms with Gasteiger partial charge in [-0.3, -0.25) is 38.4 Å². The molecule has 0 spiro atoms. The summed E-state index contributed by atoms with van der Waals surface area (Å²) in [4.78, 5) is 121. The Morgan fingerprint density at radius 2 is 1.44 bits per heavy atom. The summed E-state index contributed by atoms with van der Waals surface area (Å²) in [6.45, 7) is 4.09. The van der Waals surface area contributed by atoms with Crippen LogP contribution in [0.5, 0.6) is 17.2 Å². The van der Waals surface area contributed by atoms with Crippen molar-refractivity contribution in [2.45, 2.75) is 145 Å². The molecule has 7 rings (SSSR count). The van der Waals surface area contributed by atoms with Crippen LogP contribution in [0.3, 0.4) is 0 Å². The Morgan fingerprint density at radius 1 is 0.770 bits per heavy atom. The second-order valence-electron chi connectivity index (χ2n) is 22.1. The summed E-state index contributed by atoms with van der Waals surface area (Å²) in [7, 11) is 0. The predicted molar refractivity (Wildman–Crippen MR) is 314 cm³/mol. The Morgan fingerprint density at radius 3 is 2.11 bits per heavy atom. The van der Waals surface area contributed by atoms with E-state index >= 15 is 0 Å². The first-order valence-electron chi connectivity index (χ1n) is 28.9. The molecule has 28 heteroatoms. The zero-order valence-electron chi connectivity index (χ0n) is 48.5. The minimum Gasteiger partial charge on any atom is -0.504 e. The molecule has 16 N–H and O–H groups in total. The van der Waals surface area contributed by atoms with Crippen LogP contribution >= 0.6 is 11.3 Å². The van der Waals surface area contributed by atoms with Crippen molar-refractivity contribution in [1.29, 1.82) is 0 Å². The third-order valence-electron chi connectivity index (χ3n) is 15.3. The van der Waals surface area contributed by atoms with Crippen LogP contribution < -0.4 is 47.5 Å². The molecule has 3 aliphatic heterocycles. The molecule has 87 heavy (non-hydrogen) atoms. The second kappa shape index (κ2) is 30.7. The number of β-amino-alcohol motifs (C(OH)–C–C–N with tert-alkyl or cyclic N) is 1. The lowest BCUT2D eigenvalue weighted by atomic mass is 9.98. The standard InChI is InChI=1S/C59H78N10O17S/c1-4-5-6-19-85-38-15-13-33(14-16-38)45-27-63-57(87-45)35-11-9-34(10-12-35)52(78)64-39-23-36(71)26-62-56(82)50-51(77)30(2)28-69(50)59(84)49(43(75)25-46(61)76)67-55(81)48(42(74)21-32-8-17-41(73)44(22-32)86-20-7-18-60)66-54(80)40-24-37(72)29-68(40)58(83)47(31(3)70)65-53(39)79/h8-17,22,27,30-31,36-37,39-40,42-43,47-51,70-75,77H,4-7,18-21,23-26,28-29,60H2,1-3H3,(H2,61,76)(H,62,82)(H,64,78)(H,65,79)(H,66,80)(H,67,81)/t30-,31+,36+,37+,39?,40-,42+,43+,47-,48-,49-,50-,51-/m0/s1. The van der Waals surface area contributed by atoms with E-state index < -0.39 is 165 Å². The number of carbonyl (C=O) groups excluding carboxylic acids is 8. The van der Waals surface area contributed by atoms with Gasteiger partial charge in [0, 0.05) is 62.1 Å². The van der Waals surface area contributed by atoms with E-state index in [4.69, 9.17) is 20.9 Å². The Bertz CT molecular complexity index is 3060. The molecule has 3 saturated heterocycles. The lowest BCUT2D eigenvalue weighted by Gasteiger charge is -2.33. The number of aromatic hydroxyl groups is 1. The number of aromatic nitrogens is 1. The number of ether oxygens (including phenoxy) is 2. The molecule has 0 saturated carbocycles. The Labute approximate surface area is 505 Å². The van der Waals surface area contributed by atoms with Crippen LogP contribution in [0.4, 0.5) is 0 Å². The highest BCUT2D eigenvalue weighted by atomic mass is 32.1. The van der Waals surface area contributed by atoms with Gasteiger partial charge >= 0.3 is 0 Å². The van der Waals surface area contributed by atoms with Gasteiger partial charge in [0.15, 0.2) is 11.5 Å². The number of hydrogen-bond donors (Lipinski definition) is 14. The van der Waals surface area contributed by atoms with Crippen molar-refractivity contribution in [1.82, 2.24) is 41.4 Å². The van der Waals surface area contributed by atoms with Crippen LogP contribution in [0.1, 0.15) is 81.6 Å². The lowest BCUT2D eigenvalue weighted by Crippen LogP contribution is -2.64. The van der Waals surface area contributed by atoms with Gasteiger partial charge in [-0.25, -0.2) is 4.98 Å². The maximum atomic E-state index is 14.7. The number of hydrogen-bond acceptors (Lipinski definition) is 20. The number of carbonyl (C=O) groups is 8. The minimum atomic E-state index is -2.18. The lowest BCUT2D eigenvalue weighted by molar-refractivity contribution is -0.147. The number of aliphatic hydroxyl groups excluding tert-OH is 6. The molecule has 3 aromatic carbocycles. The van der Waals surface area contributed by atoms with Crippen molar-refractivity contribution in [3.8, 4) is 38.3 Å². The molecular weight excluding hydrogens is 1150 g/mol. The largest absolute Gasteiger partial charge is 0.504 e. The Balaban J connectivity index is 1.19. The number of amides is 8. The summed E-state index contributed by atoms with van der Waals surface area (Å²) in [6.07, 6.45) is -7.93. The van der Waals surface area contributed by atoms with Crippen molar-refractivity contribution >= 4 is 58.6 Å². The van der Waals surface area contributed by atoms with Crippen LogP contribution in [0, 0.1) is 5.92 Å². The highest BCUT2D eigenvalue weighted by Gasteiger charge is 2.50. The first kappa shape index (κ1) is 66.7. The minimum absolute atomic E-state index is 0.0270. The van der Waals surface area contributed by atoms with Gasteiger partial charge in [0.05, 0.1) is 61.1 Å². The molecule has 0 radical (unpaired) electrons. The van der Waals surface area contributed by atoms with Crippen molar-refractivity contribution in [3.63, 3.8) is 0 Å². The van der Waals surface area contributed by atoms with Gasteiger partial charge < -0.3 is 93.1 Å².